The fraction of sp³-hybridized carbons (Fsp3) is 0.600. The molecule has 2 atom stereocenters. The number of hydrogen-bond donors (Lipinski definition) is 0. The minimum Gasteiger partial charge on any atom is -0.454 e. The van der Waals surface area contributed by atoms with Gasteiger partial charge < -0.3 is 9.47 Å². The monoisotopic (exact) mass is 298 g/mol. The van der Waals surface area contributed by atoms with E-state index in [-0.39, 0.29) is 0 Å². The Morgan fingerprint density at radius 3 is 1.47 bits per heavy atom. The smallest absolute Gasteiger partial charge is 0.231 e. The zero-order valence-corrected chi connectivity index (χ0v) is 14.7. The summed E-state index contributed by atoms with van der Waals surface area (Å²) >= 11 is 0. The molecule has 0 aromatic heterocycles. The Bertz CT molecular complexity index is 427. The molecule has 0 N–H and O–H groups in total. The molecule has 106 valence electrons. The molecular weight excluding hydrogens is 274 g/mol. The largest absolute Gasteiger partial charge is 0.454 e. The van der Waals surface area contributed by atoms with Crippen LogP contribution in [0.15, 0.2) is 12.1 Å². The van der Waals surface area contributed by atoms with Crippen molar-refractivity contribution in [2.45, 2.75) is 51.9 Å². The van der Waals surface area contributed by atoms with Crippen molar-refractivity contribution < 1.29 is 9.47 Å². The Kier molecular flexibility index (Phi) is 4.15. The number of benzene rings is 1. The molecule has 1 aromatic rings. The Morgan fingerprint density at radius 2 is 1.16 bits per heavy atom. The maximum Gasteiger partial charge on any atom is 0.231 e. The Labute approximate surface area is 120 Å². The average Bonchev–Trinajstić information content (AvgIpc) is 2.60. The molecule has 0 aliphatic carbocycles. The summed E-state index contributed by atoms with van der Waals surface area (Å²) in [5.41, 5.74) is 0. The lowest BCUT2D eigenvalue weighted by Gasteiger charge is -2.25. The molecule has 0 bridgehead atoms. The van der Waals surface area contributed by atoms with Crippen LogP contribution in [0.5, 0.6) is 11.5 Å². The van der Waals surface area contributed by atoms with Gasteiger partial charge in [-0.2, -0.15) is 0 Å². The van der Waals surface area contributed by atoms with Crippen LogP contribution in [0.1, 0.15) is 41.5 Å². The number of hydrogen-bond acceptors (Lipinski definition) is 2. The van der Waals surface area contributed by atoms with Gasteiger partial charge in [-0.3, -0.25) is 0 Å². The average molecular weight is 298 g/mol. The molecule has 4 heteroatoms. The van der Waals surface area contributed by atoms with Crippen molar-refractivity contribution in [3.05, 3.63) is 12.1 Å². The van der Waals surface area contributed by atoms with Crippen LogP contribution in [0, 0.1) is 0 Å². The highest BCUT2D eigenvalue weighted by Crippen LogP contribution is 2.39. The van der Waals surface area contributed by atoms with E-state index in [1.807, 2.05) is 0 Å². The zero-order chi connectivity index (χ0) is 14.3. The molecule has 0 saturated heterocycles. The normalized spacial score (nSPS) is 16.1. The van der Waals surface area contributed by atoms with Crippen molar-refractivity contribution in [1.82, 2.24) is 0 Å². The van der Waals surface area contributed by atoms with Crippen LogP contribution in [-0.2, 0) is 0 Å². The van der Waals surface area contributed by atoms with E-state index in [4.69, 9.17) is 9.47 Å². The maximum absolute atomic E-state index is 5.52. The van der Waals surface area contributed by atoms with Crippen LogP contribution < -0.4 is 20.1 Å². The van der Waals surface area contributed by atoms with E-state index in [2.05, 4.69) is 53.7 Å². The molecule has 0 spiro atoms. The molecule has 0 saturated carbocycles. The highest BCUT2D eigenvalue weighted by molar-refractivity contribution is 7.56. The van der Waals surface area contributed by atoms with Crippen LogP contribution >= 0.6 is 17.2 Å². The molecule has 0 radical (unpaired) electrons. The summed E-state index contributed by atoms with van der Waals surface area (Å²) in [5, 5.41) is 3.49. The summed E-state index contributed by atoms with van der Waals surface area (Å²) in [7, 11) is 1.59. The molecule has 0 fully saturated rings. The first-order valence-electron chi connectivity index (χ1n) is 6.64. The van der Waals surface area contributed by atoms with Gasteiger partial charge in [0.05, 0.1) is 0 Å². The summed E-state index contributed by atoms with van der Waals surface area (Å²) in [4.78, 5) is 0. The molecule has 1 aromatic carbocycles. The highest BCUT2D eigenvalue weighted by atomic mass is 31.1. The summed E-state index contributed by atoms with van der Waals surface area (Å²) in [5.74, 6) is 1.82. The Balaban J connectivity index is 2.38. The van der Waals surface area contributed by atoms with Crippen LogP contribution in [0.3, 0.4) is 0 Å². The van der Waals surface area contributed by atoms with E-state index in [1.54, 1.807) is 0 Å². The molecule has 2 unspecified atom stereocenters. The summed E-state index contributed by atoms with van der Waals surface area (Å²) in [6.07, 6.45) is 0. The minimum absolute atomic E-state index is 0.310. The molecule has 19 heavy (non-hydrogen) atoms. The van der Waals surface area contributed by atoms with Gasteiger partial charge in [-0.1, -0.05) is 58.7 Å². The molecule has 1 heterocycles. The van der Waals surface area contributed by atoms with Gasteiger partial charge in [0, 0.05) is 0 Å². The molecule has 1 aliphatic heterocycles. The minimum atomic E-state index is 0.310. The van der Waals surface area contributed by atoms with E-state index in [0.29, 0.717) is 17.1 Å². The third kappa shape index (κ3) is 4.33. The van der Waals surface area contributed by atoms with E-state index in [9.17, 15) is 0 Å². The second kappa shape index (κ2) is 5.23. The van der Waals surface area contributed by atoms with E-state index in [0.717, 1.165) is 28.7 Å². The standard InChI is InChI=1S/C15H24O2P2/c1-14(2,3)18-12-7-10-11(17-9-16-10)8-13(12)19-15(4,5)6/h7-8,18-19H,9H2,1-6H3. The fourth-order valence-corrected chi connectivity index (χ4v) is 4.77. The Hall–Kier alpha value is -0.320. The Morgan fingerprint density at radius 1 is 0.789 bits per heavy atom. The van der Waals surface area contributed by atoms with E-state index in [1.165, 1.54) is 10.6 Å². The van der Waals surface area contributed by atoms with Crippen molar-refractivity contribution >= 4 is 27.8 Å². The second-order valence-electron chi connectivity index (χ2n) is 7.00. The van der Waals surface area contributed by atoms with Gasteiger partial charge in [0.2, 0.25) is 6.79 Å². The first kappa shape index (κ1) is 15.1. The van der Waals surface area contributed by atoms with Crippen LogP contribution in [0.4, 0.5) is 0 Å². The van der Waals surface area contributed by atoms with Crippen molar-refractivity contribution in [2.75, 3.05) is 6.79 Å². The lowest BCUT2D eigenvalue weighted by atomic mass is 10.2. The summed E-state index contributed by atoms with van der Waals surface area (Å²) < 4.78 is 11.0. The summed E-state index contributed by atoms with van der Waals surface area (Å²) in [6, 6.07) is 4.39. The fourth-order valence-electron chi connectivity index (χ4n) is 1.96. The SMILES string of the molecule is CC(C)(C)Pc1cc2c(cc1PC(C)(C)C)OCO2. The van der Waals surface area contributed by atoms with Gasteiger partial charge >= 0.3 is 0 Å². The van der Waals surface area contributed by atoms with Crippen molar-refractivity contribution in [1.29, 1.82) is 0 Å². The van der Waals surface area contributed by atoms with Gasteiger partial charge in [-0.25, -0.2) is 0 Å². The first-order valence-corrected chi connectivity index (χ1v) is 8.64. The lowest BCUT2D eigenvalue weighted by molar-refractivity contribution is 0.174. The number of ether oxygens (including phenoxy) is 2. The third-order valence-electron chi connectivity index (χ3n) is 2.53. The van der Waals surface area contributed by atoms with E-state index < -0.39 is 0 Å². The quantitative estimate of drug-likeness (QED) is 0.776. The first-order chi connectivity index (χ1) is 8.64. The lowest BCUT2D eigenvalue weighted by Crippen LogP contribution is -2.25. The van der Waals surface area contributed by atoms with Crippen molar-refractivity contribution in [3.8, 4) is 11.5 Å². The van der Waals surface area contributed by atoms with Crippen molar-refractivity contribution in [2.24, 2.45) is 0 Å². The van der Waals surface area contributed by atoms with E-state index >= 15 is 0 Å². The predicted octanol–water partition coefficient (Wildman–Crippen LogP) is 3.62. The van der Waals surface area contributed by atoms with Crippen LogP contribution in [-0.4, -0.2) is 17.1 Å². The van der Waals surface area contributed by atoms with Crippen molar-refractivity contribution in [3.63, 3.8) is 0 Å². The predicted molar refractivity (Wildman–Crippen MR) is 88.0 cm³/mol. The van der Waals surface area contributed by atoms with Gasteiger partial charge in [0.25, 0.3) is 0 Å². The molecular formula is C15H24O2P2. The van der Waals surface area contributed by atoms with Gasteiger partial charge in [0.15, 0.2) is 11.5 Å². The molecule has 0 amide bonds. The third-order valence-corrected chi connectivity index (χ3v) is 5.65. The highest BCUT2D eigenvalue weighted by Gasteiger charge is 2.23. The summed E-state index contributed by atoms with van der Waals surface area (Å²) in [6.45, 7) is 14.1. The topological polar surface area (TPSA) is 18.5 Å². The molecule has 2 nitrogen and oxygen atoms in total. The number of fused-ring (bicyclic) bond motifs is 1. The van der Waals surface area contributed by atoms with Crippen LogP contribution in [0.25, 0.3) is 0 Å². The number of rotatable bonds is 2. The van der Waals surface area contributed by atoms with Gasteiger partial charge in [-0.05, 0) is 33.1 Å². The molecule has 2 rings (SSSR count). The second-order valence-corrected chi connectivity index (χ2v) is 11.6. The van der Waals surface area contributed by atoms with Gasteiger partial charge in [0.1, 0.15) is 0 Å². The molecule has 1 aliphatic rings. The maximum atomic E-state index is 5.52. The van der Waals surface area contributed by atoms with Crippen LogP contribution in [0.2, 0.25) is 0 Å². The zero-order valence-electron chi connectivity index (χ0n) is 12.7. The van der Waals surface area contributed by atoms with Gasteiger partial charge in [-0.15, -0.1) is 0 Å².